The van der Waals surface area contributed by atoms with Crippen LogP contribution < -0.4 is 5.56 Å². The third kappa shape index (κ3) is 4.29. The summed E-state index contributed by atoms with van der Waals surface area (Å²) in [4.78, 5) is 32.4. The van der Waals surface area contributed by atoms with Gasteiger partial charge in [-0.25, -0.2) is 9.37 Å². The minimum absolute atomic E-state index is 0.114. The highest BCUT2D eigenvalue weighted by molar-refractivity contribution is 7.99. The second kappa shape index (κ2) is 7.73. The van der Waals surface area contributed by atoms with Crippen molar-refractivity contribution in [3.8, 4) is 0 Å². The summed E-state index contributed by atoms with van der Waals surface area (Å²) < 4.78 is 13.2. The molecule has 0 unspecified atom stereocenters. The lowest BCUT2D eigenvalue weighted by atomic mass is 10.2. The molecule has 0 aliphatic heterocycles. The second-order valence-corrected chi connectivity index (χ2v) is 5.66. The Morgan fingerprint density at radius 2 is 2.04 bits per heavy atom. The molecule has 120 valence electrons. The third-order valence-corrected chi connectivity index (χ3v) is 3.89. The van der Waals surface area contributed by atoms with E-state index >= 15 is 0 Å². The maximum Gasteiger partial charge on any atom is 0.259 e. The molecule has 5 nitrogen and oxygen atoms in total. The summed E-state index contributed by atoms with van der Waals surface area (Å²) in [5.74, 6) is -0.487. The standard InChI is InChI=1S/C16H16FN3O2S/c1-3-7-20(8-4-2)14(21)10-23-16-18-13-6-5-11(17)9-12(13)15(22)19-16/h3-6,9H,1-2,7-8,10H2,(H,18,19,22). The zero-order valence-corrected chi connectivity index (χ0v) is 13.2. The van der Waals surface area contributed by atoms with Gasteiger partial charge in [-0.1, -0.05) is 23.9 Å². The molecule has 23 heavy (non-hydrogen) atoms. The molecule has 1 aromatic heterocycles. The minimum Gasteiger partial charge on any atom is -0.335 e. The van der Waals surface area contributed by atoms with Gasteiger partial charge < -0.3 is 9.88 Å². The average molecular weight is 333 g/mol. The van der Waals surface area contributed by atoms with Gasteiger partial charge in [-0.05, 0) is 18.2 Å². The van der Waals surface area contributed by atoms with Gasteiger partial charge in [0.25, 0.3) is 5.56 Å². The number of carbonyl (C=O) groups excluding carboxylic acids is 1. The molecule has 0 aliphatic carbocycles. The van der Waals surface area contributed by atoms with E-state index in [1.165, 1.54) is 12.1 Å². The number of carbonyl (C=O) groups is 1. The molecule has 7 heteroatoms. The number of rotatable bonds is 7. The highest BCUT2D eigenvalue weighted by Crippen LogP contribution is 2.16. The lowest BCUT2D eigenvalue weighted by Crippen LogP contribution is -2.32. The fraction of sp³-hybridized carbons (Fsp3) is 0.188. The second-order valence-electron chi connectivity index (χ2n) is 4.70. The van der Waals surface area contributed by atoms with E-state index < -0.39 is 11.4 Å². The first-order valence-corrected chi connectivity index (χ1v) is 7.85. The molecule has 0 fully saturated rings. The fourth-order valence-corrected chi connectivity index (χ4v) is 2.74. The summed E-state index contributed by atoms with van der Waals surface area (Å²) in [6.45, 7) is 8.07. The summed E-state index contributed by atoms with van der Waals surface area (Å²) >= 11 is 1.12. The van der Waals surface area contributed by atoms with Crippen LogP contribution in [0.2, 0.25) is 0 Å². The van der Waals surface area contributed by atoms with Gasteiger partial charge in [0.15, 0.2) is 5.16 Å². The summed E-state index contributed by atoms with van der Waals surface area (Å²) in [7, 11) is 0. The topological polar surface area (TPSA) is 66.1 Å². The predicted molar refractivity (Wildman–Crippen MR) is 90.0 cm³/mol. The van der Waals surface area contributed by atoms with E-state index in [1.807, 2.05) is 0 Å². The van der Waals surface area contributed by atoms with Crippen LogP contribution in [0.25, 0.3) is 10.9 Å². The number of fused-ring (bicyclic) bond motifs is 1. The van der Waals surface area contributed by atoms with E-state index in [9.17, 15) is 14.0 Å². The first kappa shape index (κ1) is 17.0. The van der Waals surface area contributed by atoms with E-state index in [1.54, 1.807) is 17.1 Å². The van der Waals surface area contributed by atoms with Crippen molar-refractivity contribution >= 4 is 28.6 Å². The summed E-state index contributed by atoms with van der Waals surface area (Å²) in [5.41, 5.74) is -0.0439. The Bertz CT molecular complexity index is 794. The van der Waals surface area contributed by atoms with Crippen LogP contribution in [0, 0.1) is 5.82 Å². The number of nitrogens with one attached hydrogen (secondary N) is 1. The fourth-order valence-electron chi connectivity index (χ4n) is 1.97. The molecule has 0 saturated heterocycles. The molecular weight excluding hydrogens is 317 g/mol. The highest BCUT2D eigenvalue weighted by Gasteiger charge is 2.13. The molecule has 0 bridgehead atoms. The molecule has 0 atom stereocenters. The SMILES string of the molecule is C=CCN(CC=C)C(=O)CSc1nc2ccc(F)cc2c(=O)[nH]1. The lowest BCUT2D eigenvalue weighted by molar-refractivity contribution is -0.127. The Kier molecular flexibility index (Phi) is 5.70. The molecule has 2 rings (SSSR count). The van der Waals surface area contributed by atoms with Crippen LogP contribution in [0.15, 0.2) is 53.5 Å². The summed E-state index contributed by atoms with van der Waals surface area (Å²) in [5, 5.41) is 0.500. The van der Waals surface area contributed by atoms with E-state index in [4.69, 9.17) is 0 Å². The van der Waals surface area contributed by atoms with Gasteiger partial charge in [-0.3, -0.25) is 9.59 Å². The maximum absolute atomic E-state index is 13.2. The van der Waals surface area contributed by atoms with Crippen molar-refractivity contribution in [2.75, 3.05) is 18.8 Å². The van der Waals surface area contributed by atoms with Crippen LogP contribution in [0.5, 0.6) is 0 Å². The molecule has 1 heterocycles. The molecule has 0 saturated carbocycles. The molecular formula is C16H16FN3O2S. The number of amides is 1. The monoisotopic (exact) mass is 333 g/mol. The van der Waals surface area contributed by atoms with Crippen LogP contribution in [-0.4, -0.2) is 39.6 Å². The number of aromatic nitrogens is 2. The Labute approximate surface area is 136 Å². The third-order valence-electron chi connectivity index (χ3n) is 3.03. The van der Waals surface area contributed by atoms with Gasteiger partial charge in [0.1, 0.15) is 5.82 Å². The Hall–Kier alpha value is -2.41. The van der Waals surface area contributed by atoms with Gasteiger partial charge in [0.05, 0.1) is 16.7 Å². The molecule has 2 aromatic rings. The smallest absolute Gasteiger partial charge is 0.259 e. The molecule has 0 aliphatic rings. The quantitative estimate of drug-likeness (QED) is 0.480. The van der Waals surface area contributed by atoms with Crippen LogP contribution in [0.4, 0.5) is 4.39 Å². The first-order chi connectivity index (χ1) is 11.0. The molecule has 1 N–H and O–H groups in total. The minimum atomic E-state index is -0.495. The Morgan fingerprint density at radius 3 is 2.70 bits per heavy atom. The van der Waals surface area contributed by atoms with Crippen molar-refractivity contribution in [1.82, 2.24) is 14.9 Å². The molecule has 1 aromatic carbocycles. The largest absolute Gasteiger partial charge is 0.335 e. The predicted octanol–water partition coefficient (Wildman–Crippen LogP) is 2.35. The van der Waals surface area contributed by atoms with E-state index in [-0.39, 0.29) is 17.0 Å². The van der Waals surface area contributed by atoms with Gasteiger partial charge in [-0.15, -0.1) is 13.2 Å². The van der Waals surface area contributed by atoms with Crippen molar-refractivity contribution in [2.45, 2.75) is 5.16 Å². The Balaban J connectivity index is 2.14. The zero-order chi connectivity index (χ0) is 16.8. The summed E-state index contributed by atoms with van der Waals surface area (Å²) in [6.07, 6.45) is 3.27. The average Bonchev–Trinajstić information content (AvgIpc) is 2.53. The van der Waals surface area contributed by atoms with Gasteiger partial charge >= 0.3 is 0 Å². The van der Waals surface area contributed by atoms with E-state index in [2.05, 4.69) is 23.1 Å². The molecule has 1 amide bonds. The van der Waals surface area contributed by atoms with Crippen LogP contribution in [0.3, 0.4) is 0 Å². The number of H-pyrrole nitrogens is 1. The normalized spacial score (nSPS) is 10.5. The number of benzene rings is 1. The summed E-state index contributed by atoms with van der Waals surface area (Å²) in [6, 6.07) is 3.81. The van der Waals surface area contributed by atoms with Gasteiger partial charge in [-0.2, -0.15) is 0 Å². The van der Waals surface area contributed by atoms with Crippen LogP contribution >= 0.6 is 11.8 Å². The van der Waals surface area contributed by atoms with Crippen molar-refractivity contribution in [2.24, 2.45) is 0 Å². The van der Waals surface area contributed by atoms with Crippen LogP contribution in [-0.2, 0) is 4.79 Å². The number of hydrogen-bond donors (Lipinski definition) is 1. The number of nitrogens with zero attached hydrogens (tertiary/aromatic N) is 2. The number of halogens is 1. The maximum atomic E-state index is 13.2. The van der Waals surface area contributed by atoms with Crippen molar-refractivity contribution < 1.29 is 9.18 Å². The number of thioether (sulfide) groups is 1. The van der Waals surface area contributed by atoms with Crippen LogP contribution in [0.1, 0.15) is 0 Å². The molecule has 0 radical (unpaired) electrons. The van der Waals surface area contributed by atoms with Crippen molar-refractivity contribution in [3.63, 3.8) is 0 Å². The van der Waals surface area contributed by atoms with Gasteiger partial charge in [0.2, 0.25) is 5.91 Å². The van der Waals surface area contributed by atoms with Crippen molar-refractivity contribution in [1.29, 1.82) is 0 Å². The van der Waals surface area contributed by atoms with Crippen molar-refractivity contribution in [3.05, 3.63) is 59.7 Å². The van der Waals surface area contributed by atoms with E-state index in [0.29, 0.717) is 23.8 Å². The number of hydrogen-bond acceptors (Lipinski definition) is 4. The highest BCUT2D eigenvalue weighted by atomic mass is 32.2. The van der Waals surface area contributed by atoms with E-state index in [0.717, 1.165) is 17.8 Å². The first-order valence-electron chi connectivity index (χ1n) is 6.87. The number of aromatic amines is 1. The zero-order valence-electron chi connectivity index (χ0n) is 12.4. The lowest BCUT2D eigenvalue weighted by Gasteiger charge is -2.18. The van der Waals surface area contributed by atoms with Gasteiger partial charge in [0, 0.05) is 13.1 Å². The molecule has 0 spiro atoms. The Morgan fingerprint density at radius 1 is 1.35 bits per heavy atom.